The highest BCUT2D eigenvalue weighted by Gasteiger charge is 2.24. The first-order chi connectivity index (χ1) is 14.2. The number of fused-ring (bicyclic) bond motifs is 1. The number of carbonyl (C=O) groups is 1. The topological polar surface area (TPSA) is 96.7 Å². The normalized spacial score (nSPS) is 11.1. The Morgan fingerprint density at radius 3 is 2.60 bits per heavy atom. The maximum atomic E-state index is 12.6. The first-order valence-corrected chi connectivity index (χ1v) is 10.8. The number of rotatable bonds is 4. The summed E-state index contributed by atoms with van der Waals surface area (Å²) >= 11 is 0. The minimum Gasteiger partial charge on any atom is -0.423 e. The van der Waals surface area contributed by atoms with Crippen LogP contribution in [0, 0.1) is 19.3 Å². The number of sulfonamides is 1. The lowest BCUT2D eigenvalue weighted by molar-refractivity contribution is 0.251. The molecule has 0 atom stereocenters. The number of hydrogen-bond donors (Lipinski definition) is 1. The number of anilines is 1. The molecule has 0 aliphatic heterocycles. The van der Waals surface area contributed by atoms with E-state index in [0.717, 1.165) is 17.2 Å². The van der Waals surface area contributed by atoms with Crippen molar-refractivity contribution >= 4 is 32.7 Å². The second kappa shape index (κ2) is 8.05. The highest BCUT2D eigenvalue weighted by molar-refractivity contribution is 7.92. The van der Waals surface area contributed by atoms with Crippen molar-refractivity contribution in [1.82, 2.24) is 5.32 Å². The Kier molecular flexibility index (Phi) is 5.67. The van der Waals surface area contributed by atoms with E-state index in [0.29, 0.717) is 26.6 Å². The van der Waals surface area contributed by atoms with Crippen LogP contribution in [0.25, 0.3) is 11.0 Å². The number of carbonyl (C=O) groups excluding carboxylic acids is 1. The van der Waals surface area contributed by atoms with Gasteiger partial charge in [-0.05, 0) is 48.4 Å². The minimum absolute atomic E-state index is 0.173. The SMILES string of the molecule is C#Cc1ccc2oc(=O)c(Cc3cccc(N(C(=O)NC)S(C)(=O)=O)c3)c(C)c2c1. The second-order valence-corrected chi connectivity index (χ2v) is 8.61. The Morgan fingerprint density at radius 2 is 1.97 bits per heavy atom. The van der Waals surface area contributed by atoms with E-state index in [9.17, 15) is 18.0 Å². The molecule has 7 nitrogen and oxygen atoms in total. The summed E-state index contributed by atoms with van der Waals surface area (Å²) in [6.07, 6.45) is 6.61. The van der Waals surface area contributed by atoms with Gasteiger partial charge in [0.1, 0.15) is 5.58 Å². The predicted octanol–water partition coefficient (Wildman–Crippen LogP) is 2.78. The molecule has 0 spiro atoms. The Balaban J connectivity index is 2.09. The molecule has 3 aromatic rings. The molecule has 0 unspecified atom stereocenters. The van der Waals surface area contributed by atoms with Crippen molar-refractivity contribution in [3.05, 3.63) is 75.1 Å². The lowest BCUT2D eigenvalue weighted by Gasteiger charge is -2.20. The van der Waals surface area contributed by atoms with Gasteiger partial charge in [-0.1, -0.05) is 18.1 Å². The molecular formula is C22H20N2O5S. The molecule has 0 fully saturated rings. The Hall–Kier alpha value is -3.57. The highest BCUT2D eigenvalue weighted by Crippen LogP contribution is 2.25. The Labute approximate surface area is 174 Å². The zero-order valence-corrected chi connectivity index (χ0v) is 17.5. The molecule has 8 heteroatoms. The van der Waals surface area contributed by atoms with Crippen LogP contribution in [0.2, 0.25) is 0 Å². The number of nitrogens with one attached hydrogen (secondary N) is 1. The van der Waals surface area contributed by atoms with Crippen LogP contribution in [-0.2, 0) is 16.4 Å². The van der Waals surface area contributed by atoms with Gasteiger partial charge in [-0.25, -0.2) is 18.0 Å². The fourth-order valence-electron chi connectivity index (χ4n) is 3.24. The number of hydrogen-bond acceptors (Lipinski definition) is 5. The third kappa shape index (κ3) is 4.07. The van der Waals surface area contributed by atoms with E-state index < -0.39 is 21.7 Å². The zero-order chi connectivity index (χ0) is 22.1. The van der Waals surface area contributed by atoms with Crippen molar-refractivity contribution in [2.75, 3.05) is 17.6 Å². The molecule has 0 bridgehead atoms. The highest BCUT2D eigenvalue weighted by atomic mass is 32.2. The van der Waals surface area contributed by atoms with E-state index >= 15 is 0 Å². The molecule has 0 saturated heterocycles. The number of amides is 2. The van der Waals surface area contributed by atoms with Gasteiger partial charge in [0.15, 0.2) is 0 Å². The van der Waals surface area contributed by atoms with E-state index in [2.05, 4.69) is 11.2 Å². The van der Waals surface area contributed by atoms with Crippen LogP contribution < -0.4 is 15.2 Å². The molecule has 3 rings (SSSR count). The van der Waals surface area contributed by atoms with E-state index in [1.807, 2.05) is 6.92 Å². The third-order valence-corrected chi connectivity index (χ3v) is 5.75. The van der Waals surface area contributed by atoms with Gasteiger partial charge in [0.05, 0.1) is 11.9 Å². The van der Waals surface area contributed by atoms with Crippen molar-refractivity contribution in [2.24, 2.45) is 0 Å². The van der Waals surface area contributed by atoms with Crippen LogP contribution in [-0.4, -0.2) is 27.8 Å². The summed E-state index contributed by atoms with van der Waals surface area (Å²) in [5.41, 5.74) is 2.61. The van der Waals surface area contributed by atoms with Crippen molar-refractivity contribution in [3.8, 4) is 12.3 Å². The van der Waals surface area contributed by atoms with Crippen molar-refractivity contribution in [2.45, 2.75) is 13.3 Å². The van der Waals surface area contributed by atoms with E-state index in [4.69, 9.17) is 10.8 Å². The van der Waals surface area contributed by atoms with Gasteiger partial charge in [0, 0.05) is 30.0 Å². The number of nitrogens with zero attached hydrogens (tertiary/aromatic N) is 1. The number of urea groups is 1. The summed E-state index contributed by atoms with van der Waals surface area (Å²) < 4.78 is 30.3. The predicted molar refractivity (Wildman–Crippen MR) is 116 cm³/mol. The van der Waals surface area contributed by atoms with Gasteiger partial charge in [-0.15, -0.1) is 6.42 Å². The van der Waals surface area contributed by atoms with Gasteiger partial charge in [-0.3, -0.25) is 0 Å². The van der Waals surface area contributed by atoms with Crippen LogP contribution in [0.15, 0.2) is 51.7 Å². The minimum atomic E-state index is -3.85. The average Bonchev–Trinajstić information content (AvgIpc) is 2.70. The monoisotopic (exact) mass is 424 g/mol. The lowest BCUT2D eigenvalue weighted by Crippen LogP contribution is -2.42. The number of terminal acetylenes is 1. The Bertz CT molecular complexity index is 1350. The van der Waals surface area contributed by atoms with Crippen LogP contribution in [0.3, 0.4) is 0 Å². The lowest BCUT2D eigenvalue weighted by atomic mass is 9.98. The summed E-state index contributed by atoms with van der Waals surface area (Å²) in [7, 11) is -2.50. The Morgan fingerprint density at radius 1 is 1.23 bits per heavy atom. The number of benzene rings is 2. The molecule has 1 aromatic heterocycles. The van der Waals surface area contributed by atoms with Crippen molar-refractivity contribution < 1.29 is 17.6 Å². The zero-order valence-electron chi connectivity index (χ0n) is 16.7. The molecule has 0 aliphatic carbocycles. The molecule has 30 heavy (non-hydrogen) atoms. The van der Waals surface area contributed by atoms with Crippen LogP contribution >= 0.6 is 0 Å². The smallest absolute Gasteiger partial charge is 0.340 e. The van der Waals surface area contributed by atoms with Gasteiger partial charge in [0.2, 0.25) is 10.0 Å². The molecule has 0 saturated carbocycles. The van der Waals surface area contributed by atoms with Gasteiger partial charge >= 0.3 is 11.7 Å². The summed E-state index contributed by atoms with van der Waals surface area (Å²) in [6.45, 7) is 1.81. The van der Waals surface area contributed by atoms with Gasteiger partial charge < -0.3 is 9.73 Å². The molecule has 154 valence electrons. The van der Waals surface area contributed by atoms with E-state index in [1.54, 1.807) is 36.4 Å². The molecule has 1 N–H and O–H groups in total. The molecule has 1 heterocycles. The second-order valence-electron chi connectivity index (χ2n) is 6.78. The van der Waals surface area contributed by atoms with Gasteiger partial charge in [-0.2, -0.15) is 4.31 Å². The van der Waals surface area contributed by atoms with E-state index in [-0.39, 0.29) is 12.1 Å². The molecule has 2 amide bonds. The maximum Gasteiger partial charge on any atom is 0.340 e. The summed E-state index contributed by atoms with van der Waals surface area (Å²) in [4.78, 5) is 24.7. The van der Waals surface area contributed by atoms with Crippen molar-refractivity contribution in [1.29, 1.82) is 0 Å². The van der Waals surface area contributed by atoms with Gasteiger partial charge in [0.25, 0.3) is 0 Å². The quantitative estimate of drug-likeness (QED) is 0.513. The molecular weight excluding hydrogens is 404 g/mol. The summed E-state index contributed by atoms with van der Waals surface area (Å²) in [5.74, 6) is 2.56. The largest absolute Gasteiger partial charge is 0.423 e. The fraction of sp³-hybridized carbons (Fsp3) is 0.182. The first-order valence-electron chi connectivity index (χ1n) is 8.99. The van der Waals surface area contributed by atoms with Crippen LogP contribution in [0.5, 0.6) is 0 Å². The van der Waals surface area contributed by atoms with Crippen molar-refractivity contribution in [3.63, 3.8) is 0 Å². The van der Waals surface area contributed by atoms with E-state index in [1.165, 1.54) is 13.1 Å². The standard InChI is InChI=1S/C22H20N2O5S/c1-5-15-9-10-20-18(12-15)14(2)19(21(25)29-20)13-16-7-6-8-17(11-16)24(22(26)23-3)30(4,27)28/h1,6-12H,13H2,2-4H3,(H,23,26). The van der Waals surface area contributed by atoms with Crippen LogP contribution in [0.1, 0.15) is 22.3 Å². The summed E-state index contributed by atoms with van der Waals surface area (Å²) in [5, 5.41) is 3.05. The number of aryl methyl sites for hydroxylation is 1. The molecule has 0 aliphatic rings. The molecule has 0 radical (unpaired) electrons. The first kappa shape index (κ1) is 21.1. The molecule has 2 aromatic carbocycles. The average molecular weight is 424 g/mol. The maximum absolute atomic E-state index is 12.6. The fourth-order valence-corrected chi connectivity index (χ4v) is 4.13. The third-order valence-electron chi connectivity index (χ3n) is 4.71. The van der Waals surface area contributed by atoms with Crippen LogP contribution in [0.4, 0.5) is 10.5 Å². The summed E-state index contributed by atoms with van der Waals surface area (Å²) in [6, 6.07) is 10.8.